The maximum atomic E-state index is 14.5. The van der Waals surface area contributed by atoms with E-state index in [0.717, 1.165) is 25.0 Å². The van der Waals surface area contributed by atoms with Gasteiger partial charge in [-0.1, -0.05) is 66.7 Å². The van der Waals surface area contributed by atoms with E-state index in [1.807, 2.05) is 30.5 Å². The summed E-state index contributed by atoms with van der Waals surface area (Å²) in [5, 5.41) is 3.48. The lowest BCUT2D eigenvalue weighted by molar-refractivity contribution is -0.239. The van der Waals surface area contributed by atoms with Gasteiger partial charge in [0, 0.05) is 24.9 Å². The van der Waals surface area contributed by atoms with Gasteiger partial charge in [-0.15, -0.1) is 0 Å². The molecule has 272 valence electrons. The molecule has 1 aromatic heterocycles. The van der Waals surface area contributed by atoms with Crippen LogP contribution in [0.25, 0.3) is 0 Å². The first-order valence-electron chi connectivity index (χ1n) is 20.1. The zero-order chi connectivity index (χ0) is 35.7. The summed E-state index contributed by atoms with van der Waals surface area (Å²) in [4.78, 5) is 31.1. The second kappa shape index (κ2) is 12.8. The van der Waals surface area contributed by atoms with Crippen LogP contribution in [0.3, 0.4) is 0 Å². The Morgan fingerprint density at radius 1 is 0.840 bits per heavy atom. The van der Waals surface area contributed by atoms with E-state index in [1.165, 1.54) is 64.0 Å². The van der Waals surface area contributed by atoms with Gasteiger partial charge >= 0.3 is 5.97 Å². The molecule has 1 N–H and O–H groups in total. The van der Waals surface area contributed by atoms with Crippen molar-refractivity contribution in [2.24, 2.45) is 62.6 Å². The molecule has 0 bridgehead atoms. The number of ether oxygens (including phenoxy) is 1. The van der Waals surface area contributed by atoms with Crippen LogP contribution in [0, 0.1) is 62.6 Å². The van der Waals surface area contributed by atoms with E-state index in [1.54, 1.807) is 0 Å². The fourth-order valence-electron chi connectivity index (χ4n) is 14.4. The predicted octanol–water partition coefficient (Wildman–Crippen LogP) is 10.0. The quantitative estimate of drug-likeness (QED) is 0.296. The molecular weight excluding hydrogens is 617 g/mol. The van der Waals surface area contributed by atoms with Crippen molar-refractivity contribution >= 4 is 11.9 Å². The van der Waals surface area contributed by atoms with Crippen molar-refractivity contribution in [3.05, 3.63) is 65.5 Å². The molecule has 10 unspecified atom stereocenters. The molecule has 1 aromatic carbocycles. The molecule has 5 nitrogen and oxygen atoms in total. The fourth-order valence-corrected chi connectivity index (χ4v) is 14.4. The largest absolute Gasteiger partial charge is 0.465 e. The summed E-state index contributed by atoms with van der Waals surface area (Å²) in [6, 6.07) is 14.4. The maximum Gasteiger partial charge on any atom is 0.337 e. The number of rotatable bonds is 7. The number of hydrogen-bond donors (Lipinski definition) is 1. The molecule has 1 heterocycles. The van der Waals surface area contributed by atoms with Gasteiger partial charge in [-0.05, 0) is 157 Å². The highest BCUT2D eigenvalue weighted by molar-refractivity contribution is 5.89. The molecule has 0 aliphatic heterocycles. The summed E-state index contributed by atoms with van der Waals surface area (Å²) < 4.78 is 4.98. The van der Waals surface area contributed by atoms with Crippen LogP contribution in [-0.2, 0) is 16.0 Å². The molecule has 50 heavy (non-hydrogen) atoms. The summed E-state index contributed by atoms with van der Waals surface area (Å²) >= 11 is 0. The fraction of sp³-hybridized carbons (Fsp3) is 0.711. The van der Waals surface area contributed by atoms with Crippen molar-refractivity contribution in [2.75, 3.05) is 13.7 Å². The molecule has 0 radical (unpaired) electrons. The predicted molar refractivity (Wildman–Crippen MR) is 200 cm³/mol. The topological polar surface area (TPSA) is 68.3 Å². The monoisotopic (exact) mass is 680 g/mol. The van der Waals surface area contributed by atoms with Gasteiger partial charge in [0.1, 0.15) is 0 Å². The average Bonchev–Trinajstić information content (AvgIpc) is 3.50. The molecule has 5 saturated carbocycles. The number of nitrogens with zero attached hydrogens (tertiary/aromatic N) is 1. The summed E-state index contributed by atoms with van der Waals surface area (Å²) in [6.07, 6.45) is 14.7. The molecule has 10 atom stereocenters. The molecule has 5 aliphatic carbocycles. The van der Waals surface area contributed by atoms with Crippen molar-refractivity contribution in [3.63, 3.8) is 0 Å². The third-order valence-electron chi connectivity index (χ3n) is 17.0. The smallest absolute Gasteiger partial charge is 0.337 e. The Hall–Kier alpha value is -2.69. The van der Waals surface area contributed by atoms with E-state index in [4.69, 9.17) is 4.74 Å². The highest BCUT2D eigenvalue weighted by Crippen LogP contribution is 2.78. The molecular formula is C45H64N2O3. The molecule has 1 amide bonds. The number of aromatic nitrogens is 1. The number of hydrogen-bond acceptors (Lipinski definition) is 4. The van der Waals surface area contributed by atoms with Crippen LogP contribution in [0.1, 0.15) is 140 Å². The molecule has 0 saturated heterocycles. The second-order valence-electron chi connectivity index (χ2n) is 19.2. The first kappa shape index (κ1) is 35.7. The molecule has 2 aromatic rings. The summed E-state index contributed by atoms with van der Waals surface area (Å²) in [6.45, 7) is 18.7. The highest BCUT2D eigenvalue weighted by Gasteiger charge is 2.72. The normalized spacial score (nSPS) is 40.2. The molecule has 7 rings (SSSR count). The third kappa shape index (κ3) is 5.24. The number of carbonyl (C=O) groups is 2. The van der Waals surface area contributed by atoms with Crippen LogP contribution < -0.4 is 5.32 Å². The molecule has 5 heteroatoms. The number of fused-ring (bicyclic) bond motifs is 7. The average molecular weight is 681 g/mol. The van der Waals surface area contributed by atoms with E-state index in [0.29, 0.717) is 64.9 Å². The Balaban J connectivity index is 1.14. The zero-order valence-electron chi connectivity index (χ0n) is 32.3. The first-order valence-corrected chi connectivity index (χ1v) is 20.1. The molecule has 5 aliphatic rings. The summed E-state index contributed by atoms with van der Waals surface area (Å²) in [7, 11) is 1.45. The number of carbonyl (C=O) groups excluding carboxylic acids is 2. The van der Waals surface area contributed by atoms with Crippen molar-refractivity contribution in [2.45, 2.75) is 125 Å². The van der Waals surface area contributed by atoms with E-state index in [9.17, 15) is 9.59 Å². The highest BCUT2D eigenvalue weighted by atomic mass is 16.5. The number of benzene rings is 1. The van der Waals surface area contributed by atoms with Crippen molar-refractivity contribution in [3.8, 4) is 0 Å². The van der Waals surface area contributed by atoms with Gasteiger partial charge in [0.15, 0.2) is 0 Å². The van der Waals surface area contributed by atoms with E-state index in [2.05, 4.69) is 77.0 Å². The third-order valence-corrected chi connectivity index (χ3v) is 17.0. The van der Waals surface area contributed by atoms with Gasteiger partial charge < -0.3 is 10.1 Å². The van der Waals surface area contributed by atoms with Crippen molar-refractivity contribution < 1.29 is 14.3 Å². The van der Waals surface area contributed by atoms with E-state index in [-0.39, 0.29) is 27.6 Å². The van der Waals surface area contributed by atoms with Crippen LogP contribution in [0.5, 0.6) is 0 Å². The number of amides is 1. The van der Waals surface area contributed by atoms with Crippen LogP contribution in [0.2, 0.25) is 0 Å². The standard InChI is InChI=1S/C45H64N2O3/c1-29(2)33-18-24-45(40(49)47-28-21-32-11-9-10-27-46-32)26-25-43(6)35(38(33)45)16-17-37-42(5)22-19-34(30-12-14-31(15-13-30)39(48)50-8)41(3,4)36(42)20-23-44(37,43)7/h9-15,27,29,33-38H,16-26,28H2,1-8H3,(H,47,49). The van der Waals surface area contributed by atoms with Crippen molar-refractivity contribution in [1.82, 2.24) is 10.3 Å². The minimum atomic E-state index is -0.263. The lowest BCUT2D eigenvalue weighted by Crippen LogP contribution is -2.67. The molecule has 0 spiro atoms. The Morgan fingerprint density at radius 3 is 2.28 bits per heavy atom. The minimum Gasteiger partial charge on any atom is -0.465 e. The summed E-state index contributed by atoms with van der Waals surface area (Å²) in [5.41, 5.74) is 3.82. The lowest BCUT2D eigenvalue weighted by atomic mass is 9.31. The first-order chi connectivity index (χ1) is 23.7. The number of esters is 1. The Labute approximate surface area is 302 Å². The van der Waals surface area contributed by atoms with Crippen molar-refractivity contribution in [1.29, 1.82) is 0 Å². The number of methoxy groups -OCH3 is 1. The SMILES string of the molecule is COC(=O)c1ccc(C2CCC3(C)C(CCC4(C)C3CCC3C5C(C(C)C)CCC5(C(=O)NCCc5ccccn5)CCC34C)C2(C)C)cc1. The molecule has 5 fully saturated rings. The Kier molecular flexibility index (Phi) is 9.11. The van der Waals surface area contributed by atoms with Crippen LogP contribution in [0.4, 0.5) is 0 Å². The van der Waals surface area contributed by atoms with E-state index >= 15 is 0 Å². The minimum absolute atomic E-state index is 0.169. The summed E-state index contributed by atoms with van der Waals surface area (Å²) in [5.74, 6) is 4.22. The maximum absolute atomic E-state index is 14.5. The number of nitrogens with one attached hydrogen (secondary N) is 1. The van der Waals surface area contributed by atoms with Gasteiger partial charge in [0.25, 0.3) is 0 Å². The van der Waals surface area contributed by atoms with Gasteiger partial charge in [0.05, 0.1) is 18.1 Å². The van der Waals surface area contributed by atoms with E-state index < -0.39 is 0 Å². The zero-order valence-corrected chi connectivity index (χ0v) is 32.3. The number of pyridine rings is 1. The second-order valence-corrected chi connectivity index (χ2v) is 19.2. The van der Waals surface area contributed by atoms with Gasteiger partial charge in [-0.2, -0.15) is 0 Å². The Bertz CT molecular complexity index is 1570. The van der Waals surface area contributed by atoms with Gasteiger partial charge in [-0.3, -0.25) is 9.78 Å². The van der Waals surface area contributed by atoms with Gasteiger partial charge in [0.2, 0.25) is 5.91 Å². The van der Waals surface area contributed by atoms with Crippen LogP contribution in [-0.4, -0.2) is 30.5 Å². The van der Waals surface area contributed by atoms with Gasteiger partial charge in [-0.25, -0.2) is 4.79 Å². The Morgan fingerprint density at radius 2 is 1.60 bits per heavy atom. The lowest BCUT2D eigenvalue weighted by Gasteiger charge is -2.73. The van der Waals surface area contributed by atoms with Crippen LogP contribution >= 0.6 is 0 Å². The van der Waals surface area contributed by atoms with Crippen LogP contribution in [0.15, 0.2) is 48.7 Å².